The van der Waals surface area contributed by atoms with Crippen LogP contribution < -0.4 is 16.7 Å². The smallest absolute Gasteiger partial charge is 0.243 e. The van der Waals surface area contributed by atoms with Crippen LogP contribution in [0.1, 0.15) is 259 Å². The molecule has 0 aliphatic heterocycles. The molecule has 0 aliphatic carbocycles. The van der Waals surface area contributed by atoms with Crippen molar-refractivity contribution < 1.29 is 39.6 Å². The molecule has 0 spiro atoms. The van der Waals surface area contributed by atoms with Crippen molar-refractivity contribution in [2.45, 2.75) is 261 Å². The number of hydrogen-bond acceptors (Lipinski definition) is 9. The topological polar surface area (TPSA) is 203 Å². The number of hydrazine groups is 2. The largest absolute Gasteiger partial charge is 0.507 e. The van der Waals surface area contributed by atoms with Crippen LogP contribution in [0.2, 0.25) is 0 Å². The number of nitrogens with zero attached hydrogens (tertiary/aromatic N) is 1. The predicted octanol–water partition coefficient (Wildman–Crippen LogP) is 14.1. The Morgan fingerprint density at radius 1 is 0.325 bits per heavy atom. The van der Waals surface area contributed by atoms with Crippen LogP contribution in [-0.4, -0.2) is 49.1 Å². The molecule has 0 heterocycles. The summed E-state index contributed by atoms with van der Waals surface area (Å²) in [7, 11) is 0. The maximum absolute atomic E-state index is 12.9. The Kier molecular flexibility index (Phi) is 21.4. The number of amides is 4. The van der Waals surface area contributed by atoms with Gasteiger partial charge in [-0.2, -0.15) is 0 Å². The molecule has 0 bridgehead atoms. The van der Waals surface area contributed by atoms with E-state index in [-0.39, 0.29) is 80.8 Å². The van der Waals surface area contributed by atoms with E-state index in [1.54, 1.807) is 0 Å². The van der Waals surface area contributed by atoms with Crippen molar-refractivity contribution in [2.24, 2.45) is 5.84 Å². The van der Waals surface area contributed by atoms with E-state index in [2.05, 4.69) is 93.9 Å². The van der Waals surface area contributed by atoms with Crippen molar-refractivity contribution in [1.29, 1.82) is 0 Å². The fraction of sp³-hybridized carbons (Fsp3) is 0.588. The number of carbonyl (C=O) groups is 4. The number of nitrogens with one attached hydrogen (secondary N) is 2. The molecule has 0 aliphatic rings. The first-order valence-electron chi connectivity index (χ1n) is 28.6. The van der Waals surface area contributed by atoms with E-state index < -0.39 is 11.8 Å². The number of aryl methyl sites for hydroxylation is 4. The van der Waals surface area contributed by atoms with Gasteiger partial charge in [0, 0.05) is 25.7 Å². The van der Waals surface area contributed by atoms with Gasteiger partial charge in [-0.3, -0.25) is 30.0 Å². The van der Waals surface area contributed by atoms with Crippen molar-refractivity contribution in [2.75, 3.05) is 0 Å². The van der Waals surface area contributed by atoms with Crippen molar-refractivity contribution in [3.63, 3.8) is 0 Å². The SMILES string of the molecule is CC(C)(C)c1cc(CCC(=O)N(N)C(=O)CCc2cc(C(C)(C)C)c(O)c(C(C)(C)C)c2)cc(C(C)(C)C)c1O.CC(C)(C)c1cc(CCC(=O)NNC(=O)CCc2cc(C(C)(C)C)c(O)c(C(C)(C)C)c2)cc(C(C)(C)C)c1O. The Labute approximate surface area is 482 Å². The first-order chi connectivity index (χ1) is 36.0. The zero-order chi connectivity index (χ0) is 61.9. The molecule has 4 aromatic rings. The van der Waals surface area contributed by atoms with Crippen LogP contribution in [-0.2, 0) is 88.2 Å². The molecule has 4 amide bonds. The molecule has 4 rings (SSSR count). The summed E-state index contributed by atoms with van der Waals surface area (Å²) in [6.07, 6.45) is 2.39. The Balaban J connectivity index is 0.000000420. The lowest BCUT2D eigenvalue weighted by Crippen LogP contribution is -2.42. The van der Waals surface area contributed by atoms with E-state index in [1.807, 2.05) is 132 Å². The Hall–Kier alpha value is -5.88. The van der Waals surface area contributed by atoms with Crippen molar-refractivity contribution in [1.82, 2.24) is 15.9 Å². The first-order valence-corrected chi connectivity index (χ1v) is 28.6. The number of rotatable bonds is 12. The number of hydrogen-bond donors (Lipinski definition) is 7. The molecular formula is C68H104N4O8. The van der Waals surface area contributed by atoms with Gasteiger partial charge < -0.3 is 20.4 Å². The highest BCUT2D eigenvalue weighted by Gasteiger charge is 2.31. The van der Waals surface area contributed by atoms with Gasteiger partial charge in [0.2, 0.25) is 23.6 Å². The minimum Gasteiger partial charge on any atom is -0.507 e. The van der Waals surface area contributed by atoms with Gasteiger partial charge in [0.05, 0.1) is 0 Å². The highest BCUT2D eigenvalue weighted by Crippen LogP contribution is 2.44. The molecule has 80 heavy (non-hydrogen) atoms. The van der Waals surface area contributed by atoms with Gasteiger partial charge in [0.15, 0.2) is 0 Å². The van der Waals surface area contributed by atoms with Crippen molar-refractivity contribution in [3.8, 4) is 23.0 Å². The monoisotopic (exact) mass is 1100 g/mol. The van der Waals surface area contributed by atoms with Crippen LogP contribution in [0.5, 0.6) is 23.0 Å². The van der Waals surface area contributed by atoms with Crippen molar-refractivity contribution >= 4 is 23.6 Å². The normalized spacial score (nSPS) is 12.9. The van der Waals surface area contributed by atoms with Crippen LogP contribution in [0.4, 0.5) is 0 Å². The van der Waals surface area contributed by atoms with Crippen LogP contribution in [0.25, 0.3) is 0 Å². The molecule has 12 heteroatoms. The third kappa shape index (κ3) is 18.8. The highest BCUT2D eigenvalue weighted by molar-refractivity contribution is 5.94. The fourth-order valence-electron chi connectivity index (χ4n) is 9.59. The average molecular weight is 1110 g/mol. The lowest BCUT2D eigenvalue weighted by molar-refractivity contribution is -0.145. The lowest BCUT2D eigenvalue weighted by Gasteiger charge is -2.28. The van der Waals surface area contributed by atoms with Crippen LogP contribution in [0.15, 0.2) is 48.5 Å². The summed E-state index contributed by atoms with van der Waals surface area (Å²) in [5.41, 5.74) is 13.6. The molecule has 0 radical (unpaired) electrons. The van der Waals surface area contributed by atoms with E-state index in [9.17, 15) is 39.6 Å². The highest BCUT2D eigenvalue weighted by atomic mass is 16.3. The van der Waals surface area contributed by atoms with Gasteiger partial charge in [-0.25, -0.2) is 10.9 Å². The number of benzene rings is 4. The molecule has 0 fully saturated rings. The summed E-state index contributed by atoms with van der Waals surface area (Å²) in [5.74, 6) is 5.79. The summed E-state index contributed by atoms with van der Waals surface area (Å²) < 4.78 is 0. The predicted molar refractivity (Wildman–Crippen MR) is 328 cm³/mol. The molecule has 4 aromatic carbocycles. The van der Waals surface area contributed by atoms with Crippen molar-refractivity contribution in [3.05, 3.63) is 115 Å². The molecule has 444 valence electrons. The fourth-order valence-corrected chi connectivity index (χ4v) is 9.59. The van der Waals surface area contributed by atoms with E-state index >= 15 is 0 Å². The standard InChI is InChI=1S/2C34H52N2O4/c1-31(2,3)23-17-21(18-24(29(23)39)32(4,5)6)13-15-27(37)36(35)28(38)16-14-22-19-25(33(7,8)9)30(40)26(20-22)34(10,11)12;1-31(2,3)23-17-21(18-24(29(23)39)32(4,5)6)13-15-27(37)35-36-28(38)16-14-22-19-25(33(7,8)9)30(40)26(20-22)34(10,11)12/h17-20,39-40H,13-16,35H2,1-12H3;17-20,39-40H,13-16H2,1-12H3,(H,35,37)(H,36,38). The number of phenolic OH excluding ortho intramolecular Hbond substituents is 4. The maximum atomic E-state index is 12.9. The van der Waals surface area contributed by atoms with Crippen LogP contribution >= 0.6 is 0 Å². The summed E-state index contributed by atoms with van der Waals surface area (Å²) in [6, 6.07) is 15.7. The molecule has 8 N–H and O–H groups in total. The van der Waals surface area contributed by atoms with E-state index in [4.69, 9.17) is 5.84 Å². The first kappa shape index (κ1) is 68.4. The Bertz CT molecular complexity index is 2540. The third-order valence-corrected chi connectivity index (χ3v) is 14.6. The third-order valence-electron chi connectivity index (χ3n) is 14.6. The van der Waals surface area contributed by atoms with Gasteiger partial charge >= 0.3 is 0 Å². The molecule has 0 atom stereocenters. The summed E-state index contributed by atoms with van der Waals surface area (Å²) >= 11 is 0. The average Bonchev–Trinajstić information content (AvgIpc) is 3.28. The number of imide groups is 1. The quantitative estimate of drug-likeness (QED) is 0.0409. The summed E-state index contributed by atoms with van der Waals surface area (Å²) in [6.45, 7) is 49.3. The minimum atomic E-state index is -0.441. The van der Waals surface area contributed by atoms with E-state index in [1.165, 1.54) is 0 Å². The van der Waals surface area contributed by atoms with E-state index in [0.717, 1.165) is 71.8 Å². The zero-order valence-corrected chi connectivity index (χ0v) is 53.7. The van der Waals surface area contributed by atoms with Gasteiger partial charge in [-0.05, 0) is 136 Å². The molecule has 0 aromatic heterocycles. The second-order valence-electron chi connectivity index (χ2n) is 30.4. The maximum Gasteiger partial charge on any atom is 0.243 e. The van der Waals surface area contributed by atoms with Gasteiger partial charge in [0.25, 0.3) is 0 Å². The number of phenols is 4. The molecule has 0 saturated carbocycles. The molecule has 0 unspecified atom stereocenters. The lowest BCUT2D eigenvalue weighted by atomic mass is 9.78. The van der Waals surface area contributed by atoms with Crippen LogP contribution in [0.3, 0.4) is 0 Å². The Morgan fingerprint density at radius 2 is 0.475 bits per heavy atom. The van der Waals surface area contributed by atoms with Gasteiger partial charge in [-0.15, -0.1) is 0 Å². The second kappa shape index (κ2) is 25.1. The minimum absolute atomic E-state index is 0.0851. The summed E-state index contributed by atoms with van der Waals surface area (Å²) in [4.78, 5) is 51.0. The number of nitrogens with two attached hydrogens (primary N) is 1. The number of aromatic hydroxyl groups is 4. The molecule has 12 nitrogen and oxygen atoms in total. The second-order valence-corrected chi connectivity index (χ2v) is 30.4. The van der Waals surface area contributed by atoms with Crippen LogP contribution in [0, 0.1) is 0 Å². The van der Waals surface area contributed by atoms with Gasteiger partial charge in [0.1, 0.15) is 23.0 Å². The zero-order valence-electron chi connectivity index (χ0n) is 53.7. The Morgan fingerprint density at radius 3 is 0.625 bits per heavy atom. The van der Waals surface area contributed by atoms with E-state index in [0.29, 0.717) is 48.7 Å². The molecular weight excluding hydrogens is 1000 g/mol. The molecule has 0 saturated heterocycles. The summed E-state index contributed by atoms with van der Waals surface area (Å²) in [5, 5.41) is 44.5. The number of carbonyl (C=O) groups excluding carboxylic acids is 4. The van der Waals surface area contributed by atoms with Gasteiger partial charge in [-0.1, -0.05) is 215 Å².